The van der Waals surface area contributed by atoms with Crippen LogP contribution in [0.5, 0.6) is 0 Å². The van der Waals surface area contributed by atoms with E-state index < -0.39 is 0 Å². The summed E-state index contributed by atoms with van der Waals surface area (Å²) in [5.74, 6) is 0. The molecule has 1 heterocycles. The molecule has 2 aromatic carbocycles. The van der Waals surface area contributed by atoms with Crippen molar-refractivity contribution in [3.8, 4) is 0 Å². The zero-order valence-corrected chi connectivity index (χ0v) is 14.3. The molecule has 0 aliphatic carbocycles. The molecule has 3 aromatic rings. The third-order valence-corrected chi connectivity index (χ3v) is 4.60. The largest absolute Gasteiger partial charge is 0.309 e. The Morgan fingerprint density at radius 2 is 1.65 bits per heavy atom. The van der Waals surface area contributed by atoms with Crippen LogP contribution in [0.3, 0.4) is 0 Å². The number of rotatable bonds is 2. The summed E-state index contributed by atoms with van der Waals surface area (Å²) in [6, 6.07) is 15.8. The summed E-state index contributed by atoms with van der Waals surface area (Å²) < 4.78 is 3.91. The van der Waals surface area contributed by atoms with Crippen LogP contribution >= 0.6 is 38.5 Å². The molecule has 3 rings (SSSR count). The van der Waals surface area contributed by atoms with Crippen LogP contribution in [0.15, 0.2) is 64.0 Å². The Hall–Kier alpha value is -1.14. The number of halogens is 2. The molecule has 100 valence electrons. The van der Waals surface area contributed by atoms with Crippen molar-refractivity contribution in [3.63, 3.8) is 0 Å². The molecule has 0 atom stereocenters. The van der Waals surface area contributed by atoms with E-state index >= 15 is 0 Å². The van der Waals surface area contributed by atoms with E-state index in [1.165, 1.54) is 0 Å². The van der Waals surface area contributed by atoms with Crippen LogP contribution in [-0.4, -0.2) is 4.57 Å². The summed E-state index contributed by atoms with van der Waals surface area (Å²) in [5.41, 5.74) is 1.17. The molecule has 0 aliphatic rings. The molecule has 0 spiro atoms. The van der Waals surface area contributed by atoms with E-state index in [4.69, 9.17) is 0 Å². The van der Waals surface area contributed by atoms with Crippen molar-refractivity contribution in [3.05, 3.63) is 78.7 Å². The van der Waals surface area contributed by atoms with Crippen LogP contribution in [-0.2, 0) is 6.54 Å². The molecule has 0 radical (unpaired) electrons. The first-order chi connectivity index (χ1) is 9.65. The van der Waals surface area contributed by atoms with Gasteiger partial charge in [0.1, 0.15) is 0 Å². The first-order valence-corrected chi connectivity index (χ1v) is 8.04. The minimum atomic E-state index is 0.0592. The minimum absolute atomic E-state index is 0.0592. The van der Waals surface area contributed by atoms with Gasteiger partial charge in [0.25, 0.3) is 5.56 Å². The molecule has 20 heavy (non-hydrogen) atoms. The second-order valence-corrected chi connectivity index (χ2v) is 6.66. The minimum Gasteiger partial charge on any atom is -0.309 e. The van der Waals surface area contributed by atoms with Crippen LogP contribution in [0.25, 0.3) is 10.8 Å². The smallest absolute Gasteiger partial charge is 0.258 e. The second-order valence-electron chi connectivity index (χ2n) is 4.58. The summed E-state index contributed by atoms with van der Waals surface area (Å²) in [6.45, 7) is 0.590. The monoisotopic (exact) mass is 439 g/mol. The predicted octanol–water partition coefficient (Wildman–Crippen LogP) is 4.42. The highest BCUT2D eigenvalue weighted by Crippen LogP contribution is 2.18. The number of fused-ring (bicyclic) bond motifs is 1. The fraction of sp³-hybridized carbons (Fsp3) is 0.0625. The summed E-state index contributed by atoms with van der Waals surface area (Å²) in [6.07, 6.45) is 1.92. The number of hydrogen-bond donors (Lipinski definition) is 0. The van der Waals surface area contributed by atoms with E-state index in [2.05, 4.69) is 38.5 Å². The molecule has 4 heteroatoms. The number of nitrogens with zero attached hydrogens (tertiary/aromatic N) is 1. The molecule has 0 aliphatic heterocycles. The van der Waals surface area contributed by atoms with E-state index in [0.717, 1.165) is 24.4 Å². The summed E-state index contributed by atoms with van der Waals surface area (Å²) in [7, 11) is 0. The lowest BCUT2D eigenvalue weighted by atomic mass is 10.1. The van der Waals surface area contributed by atoms with E-state index in [1.807, 2.05) is 54.7 Å². The Labute approximate surface area is 138 Å². The molecule has 1 aromatic heterocycles. The van der Waals surface area contributed by atoms with Crippen LogP contribution in [0, 0.1) is 3.57 Å². The first kappa shape index (κ1) is 13.8. The van der Waals surface area contributed by atoms with Crippen molar-refractivity contribution in [2.45, 2.75) is 6.54 Å². The lowest BCUT2D eigenvalue weighted by Gasteiger charge is -2.09. The van der Waals surface area contributed by atoms with Crippen molar-refractivity contribution in [1.29, 1.82) is 0 Å². The second kappa shape index (κ2) is 5.69. The highest BCUT2D eigenvalue weighted by Gasteiger charge is 2.06. The van der Waals surface area contributed by atoms with Crippen LogP contribution in [0.2, 0.25) is 0 Å². The fourth-order valence-electron chi connectivity index (χ4n) is 2.20. The third-order valence-electron chi connectivity index (χ3n) is 3.21. The molecular formula is C16H11BrINO. The average Bonchev–Trinajstić information content (AvgIpc) is 2.47. The standard InChI is InChI=1S/C16H11BrINO/c17-12-7-5-11(6-8-12)9-19-10-15(18)13-3-1-2-4-14(13)16(19)20/h1-8,10H,9H2. The van der Waals surface area contributed by atoms with Gasteiger partial charge in [0.2, 0.25) is 0 Å². The van der Waals surface area contributed by atoms with Gasteiger partial charge >= 0.3 is 0 Å². The maximum atomic E-state index is 12.5. The van der Waals surface area contributed by atoms with Crippen LogP contribution in [0.1, 0.15) is 5.56 Å². The van der Waals surface area contributed by atoms with Crippen molar-refractivity contribution >= 4 is 49.3 Å². The summed E-state index contributed by atoms with van der Waals surface area (Å²) in [4.78, 5) is 12.5. The summed E-state index contributed by atoms with van der Waals surface area (Å²) in [5, 5.41) is 1.79. The number of hydrogen-bond acceptors (Lipinski definition) is 1. The average molecular weight is 440 g/mol. The first-order valence-electron chi connectivity index (χ1n) is 6.17. The molecule has 0 N–H and O–H groups in total. The lowest BCUT2D eigenvalue weighted by molar-refractivity contribution is 0.765. The number of benzene rings is 2. The topological polar surface area (TPSA) is 22.0 Å². The van der Waals surface area contributed by atoms with E-state index in [1.54, 1.807) is 4.57 Å². The van der Waals surface area contributed by atoms with Crippen LogP contribution in [0.4, 0.5) is 0 Å². The van der Waals surface area contributed by atoms with Gasteiger partial charge in [-0.05, 0) is 46.4 Å². The highest BCUT2D eigenvalue weighted by atomic mass is 127. The van der Waals surface area contributed by atoms with Crippen LogP contribution < -0.4 is 5.56 Å². The zero-order chi connectivity index (χ0) is 14.1. The molecule has 0 amide bonds. The Bertz CT molecular complexity index is 824. The summed E-state index contributed by atoms with van der Waals surface area (Å²) >= 11 is 5.70. The quantitative estimate of drug-likeness (QED) is 0.542. The number of pyridine rings is 1. The maximum absolute atomic E-state index is 12.5. The van der Waals surface area contributed by atoms with Gasteiger partial charge in [-0.15, -0.1) is 0 Å². The molecule has 0 saturated carbocycles. The fourth-order valence-corrected chi connectivity index (χ4v) is 3.27. The Balaban J connectivity index is 2.10. The Kier molecular flexibility index (Phi) is 3.94. The van der Waals surface area contributed by atoms with Gasteiger partial charge in [0, 0.05) is 25.0 Å². The van der Waals surface area contributed by atoms with Crippen molar-refractivity contribution in [1.82, 2.24) is 4.57 Å². The maximum Gasteiger partial charge on any atom is 0.258 e. The lowest BCUT2D eigenvalue weighted by Crippen LogP contribution is -2.21. The van der Waals surface area contributed by atoms with E-state index in [-0.39, 0.29) is 5.56 Å². The normalized spacial score (nSPS) is 10.9. The zero-order valence-electron chi connectivity index (χ0n) is 10.5. The number of aromatic nitrogens is 1. The van der Waals surface area contributed by atoms with E-state index in [0.29, 0.717) is 6.54 Å². The van der Waals surface area contributed by atoms with Gasteiger partial charge in [-0.3, -0.25) is 4.79 Å². The van der Waals surface area contributed by atoms with Crippen molar-refractivity contribution < 1.29 is 0 Å². The van der Waals surface area contributed by atoms with Crippen molar-refractivity contribution in [2.24, 2.45) is 0 Å². The van der Waals surface area contributed by atoms with Gasteiger partial charge in [0.05, 0.1) is 6.54 Å². The van der Waals surface area contributed by atoms with Gasteiger partial charge < -0.3 is 4.57 Å². The molecule has 0 bridgehead atoms. The molecular weight excluding hydrogens is 429 g/mol. The van der Waals surface area contributed by atoms with Gasteiger partial charge in [-0.25, -0.2) is 0 Å². The van der Waals surface area contributed by atoms with E-state index in [9.17, 15) is 4.79 Å². The van der Waals surface area contributed by atoms with Gasteiger partial charge in [-0.2, -0.15) is 0 Å². The highest BCUT2D eigenvalue weighted by molar-refractivity contribution is 14.1. The van der Waals surface area contributed by atoms with Gasteiger partial charge in [0.15, 0.2) is 0 Å². The SMILES string of the molecule is O=c1c2ccccc2c(I)cn1Cc1ccc(Br)cc1. The molecule has 2 nitrogen and oxygen atoms in total. The molecule has 0 unspecified atom stereocenters. The Morgan fingerprint density at radius 3 is 2.35 bits per heavy atom. The van der Waals surface area contributed by atoms with Crippen molar-refractivity contribution in [2.75, 3.05) is 0 Å². The Morgan fingerprint density at radius 1 is 1.00 bits per heavy atom. The van der Waals surface area contributed by atoms with Gasteiger partial charge in [-0.1, -0.05) is 46.3 Å². The third kappa shape index (κ3) is 2.67. The molecule has 0 saturated heterocycles. The predicted molar refractivity (Wildman–Crippen MR) is 94.2 cm³/mol. The molecule has 0 fully saturated rings.